The van der Waals surface area contributed by atoms with Gasteiger partial charge >= 0.3 is 11.9 Å². The van der Waals surface area contributed by atoms with Gasteiger partial charge in [0.1, 0.15) is 12.4 Å². The number of rotatable bonds is 7. The van der Waals surface area contributed by atoms with E-state index in [2.05, 4.69) is 0 Å². The molecule has 158 valence electrons. The van der Waals surface area contributed by atoms with Crippen molar-refractivity contribution in [3.8, 4) is 16.9 Å². The Bertz CT molecular complexity index is 1140. The smallest absolute Gasteiger partial charge is 0.341 e. The minimum absolute atomic E-state index is 0.00291. The summed E-state index contributed by atoms with van der Waals surface area (Å²) in [6.07, 6.45) is 0.339. The van der Waals surface area contributed by atoms with Gasteiger partial charge < -0.3 is 20.2 Å². The van der Waals surface area contributed by atoms with Crippen molar-refractivity contribution in [2.45, 2.75) is 25.0 Å². The van der Waals surface area contributed by atoms with Gasteiger partial charge in [0.05, 0.1) is 0 Å². The van der Waals surface area contributed by atoms with Crippen LogP contribution < -0.4 is 5.48 Å². The van der Waals surface area contributed by atoms with Crippen molar-refractivity contribution in [3.63, 3.8) is 0 Å². The average Bonchev–Trinajstić information content (AvgIpc) is 3.16. The molecule has 7 nitrogen and oxygen atoms in total. The SMILES string of the molecule is O=C(O)[C@](Cc1ccc(O)cc1)(NO)C(=O)OCc1cccc2c1Cc1ccccc1-2. The van der Waals surface area contributed by atoms with Gasteiger partial charge in [-0.15, -0.1) is 0 Å². The highest BCUT2D eigenvalue weighted by atomic mass is 16.5. The van der Waals surface area contributed by atoms with Crippen molar-refractivity contribution >= 4 is 11.9 Å². The van der Waals surface area contributed by atoms with Gasteiger partial charge in [0.2, 0.25) is 5.54 Å². The maximum atomic E-state index is 12.8. The fourth-order valence-corrected chi connectivity index (χ4v) is 3.91. The number of hydrogen-bond donors (Lipinski definition) is 4. The number of esters is 1. The third-order valence-corrected chi connectivity index (χ3v) is 5.62. The van der Waals surface area contributed by atoms with E-state index in [1.165, 1.54) is 29.8 Å². The number of hydrogen-bond acceptors (Lipinski definition) is 6. The molecule has 0 spiro atoms. The van der Waals surface area contributed by atoms with Crippen LogP contribution in [0.3, 0.4) is 0 Å². The zero-order valence-electron chi connectivity index (χ0n) is 16.5. The van der Waals surface area contributed by atoms with Crippen molar-refractivity contribution in [1.82, 2.24) is 5.48 Å². The summed E-state index contributed by atoms with van der Waals surface area (Å²) in [5, 5.41) is 28.7. The number of hydroxylamine groups is 1. The first kappa shape index (κ1) is 20.6. The van der Waals surface area contributed by atoms with Crippen LogP contribution in [0.5, 0.6) is 5.75 Å². The second-order valence-corrected chi connectivity index (χ2v) is 7.52. The molecule has 0 saturated carbocycles. The topological polar surface area (TPSA) is 116 Å². The van der Waals surface area contributed by atoms with Gasteiger partial charge in [0, 0.05) is 6.42 Å². The van der Waals surface area contributed by atoms with E-state index in [9.17, 15) is 25.0 Å². The number of carbonyl (C=O) groups is 2. The molecule has 31 heavy (non-hydrogen) atoms. The number of nitrogens with one attached hydrogen (secondary N) is 1. The molecule has 0 bridgehead atoms. The summed E-state index contributed by atoms with van der Waals surface area (Å²) in [6.45, 7) is -0.123. The summed E-state index contributed by atoms with van der Waals surface area (Å²) in [7, 11) is 0. The second kappa shape index (κ2) is 8.22. The van der Waals surface area contributed by atoms with Crippen LogP contribution in [0.4, 0.5) is 0 Å². The maximum Gasteiger partial charge on any atom is 0.341 e. The van der Waals surface area contributed by atoms with Gasteiger partial charge in [-0.25, -0.2) is 9.59 Å². The van der Waals surface area contributed by atoms with E-state index < -0.39 is 17.5 Å². The predicted octanol–water partition coefficient (Wildman–Crippen LogP) is 3.05. The number of phenols is 1. The van der Waals surface area contributed by atoms with Gasteiger partial charge in [0.25, 0.3) is 0 Å². The molecule has 0 aromatic heterocycles. The molecular formula is C24H21NO6. The van der Waals surface area contributed by atoms with E-state index in [4.69, 9.17) is 4.74 Å². The molecule has 3 aromatic carbocycles. The van der Waals surface area contributed by atoms with Crippen LogP contribution >= 0.6 is 0 Å². The number of carbonyl (C=O) groups excluding carboxylic acids is 1. The number of benzene rings is 3. The van der Waals surface area contributed by atoms with E-state index in [-0.39, 0.29) is 18.8 Å². The van der Waals surface area contributed by atoms with E-state index >= 15 is 0 Å². The molecule has 0 saturated heterocycles. The zero-order valence-corrected chi connectivity index (χ0v) is 16.5. The van der Waals surface area contributed by atoms with E-state index in [1.807, 2.05) is 42.5 Å². The first-order valence-corrected chi connectivity index (χ1v) is 9.73. The second-order valence-electron chi connectivity index (χ2n) is 7.52. The Morgan fingerprint density at radius 2 is 1.68 bits per heavy atom. The highest BCUT2D eigenvalue weighted by Gasteiger charge is 2.48. The Morgan fingerprint density at radius 3 is 2.39 bits per heavy atom. The van der Waals surface area contributed by atoms with Crippen LogP contribution in [-0.4, -0.2) is 32.9 Å². The van der Waals surface area contributed by atoms with Crippen molar-refractivity contribution in [2.24, 2.45) is 0 Å². The molecule has 0 heterocycles. The van der Waals surface area contributed by atoms with Crippen molar-refractivity contribution < 1.29 is 29.7 Å². The summed E-state index contributed by atoms with van der Waals surface area (Å²) in [6, 6.07) is 19.4. The largest absolute Gasteiger partial charge is 0.508 e. The van der Waals surface area contributed by atoms with Crippen LogP contribution in [0.25, 0.3) is 11.1 Å². The van der Waals surface area contributed by atoms with Crippen LogP contribution in [0, 0.1) is 0 Å². The Hall–Kier alpha value is -3.68. The van der Waals surface area contributed by atoms with Crippen LogP contribution in [-0.2, 0) is 33.8 Å². The summed E-state index contributed by atoms with van der Waals surface area (Å²) in [4.78, 5) is 24.8. The Balaban J connectivity index is 1.55. The summed E-state index contributed by atoms with van der Waals surface area (Å²) < 4.78 is 5.37. The molecule has 1 aliphatic carbocycles. The fraction of sp³-hybridized carbons (Fsp3) is 0.167. The lowest BCUT2D eigenvalue weighted by Crippen LogP contribution is -2.59. The molecular weight excluding hydrogens is 398 g/mol. The monoisotopic (exact) mass is 419 g/mol. The number of carboxylic acid groups (broad SMARTS) is 1. The lowest BCUT2D eigenvalue weighted by Gasteiger charge is -2.26. The van der Waals surface area contributed by atoms with Crippen LogP contribution in [0.2, 0.25) is 0 Å². The minimum Gasteiger partial charge on any atom is -0.508 e. The first-order valence-electron chi connectivity index (χ1n) is 9.73. The predicted molar refractivity (Wildman–Crippen MR) is 112 cm³/mol. The zero-order chi connectivity index (χ0) is 22.0. The summed E-state index contributed by atoms with van der Waals surface area (Å²) in [5.41, 5.74) is 4.89. The number of aromatic hydroxyl groups is 1. The lowest BCUT2D eigenvalue weighted by atomic mass is 9.91. The molecule has 0 unspecified atom stereocenters. The molecule has 0 amide bonds. The molecule has 7 heteroatoms. The van der Waals surface area contributed by atoms with Crippen LogP contribution in [0.1, 0.15) is 22.3 Å². The van der Waals surface area contributed by atoms with E-state index in [1.54, 1.807) is 5.48 Å². The van der Waals surface area contributed by atoms with Crippen molar-refractivity contribution in [1.29, 1.82) is 0 Å². The maximum absolute atomic E-state index is 12.8. The van der Waals surface area contributed by atoms with Gasteiger partial charge in [-0.2, -0.15) is 5.48 Å². The molecule has 0 aliphatic heterocycles. The molecule has 4 N–H and O–H groups in total. The highest BCUT2D eigenvalue weighted by molar-refractivity contribution is 6.04. The number of carboxylic acids is 1. The Kier molecular flexibility index (Phi) is 5.46. The van der Waals surface area contributed by atoms with Crippen molar-refractivity contribution in [2.75, 3.05) is 0 Å². The van der Waals surface area contributed by atoms with Crippen LogP contribution in [0.15, 0.2) is 66.7 Å². The summed E-state index contributed by atoms with van der Waals surface area (Å²) >= 11 is 0. The normalized spacial score (nSPS) is 13.7. The van der Waals surface area contributed by atoms with Gasteiger partial charge in [-0.3, -0.25) is 0 Å². The van der Waals surface area contributed by atoms with Crippen molar-refractivity contribution in [3.05, 3.63) is 89.0 Å². The first-order chi connectivity index (χ1) is 14.9. The minimum atomic E-state index is -2.38. The van der Waals surface area contributed by atoms with Gasteiger partial charge in [-0.1, -0.05) is 54.6 Å². The average molecular weight is 419 g/mol. The number of ether oxygens (including phenoxy) is 1. The lowest BCUT2D eigenvalue weighted by molar-refractivity contribution is -0.170. The third kappa shape index (κ3) is 3.76. The quantitative estimate of drug-likeness (QED) is 0.207. The highest BCUT2D eigenvalue weighted by Crippen LogP contribution is 2.38. The molecule has 3 aromatic rings. The van der Waals surface area contributed by atoms with Gasteiger partial charge in [-0.05, 0) is 51.9 Å². The number of aliphatic carboxylic acids is 1. The van der Waals surface area contributed by atoms with E-state index in [0.29, 0.717) is 12.0 Å². The van der Waals surface area contributed by atoms with E-state index in [0.717, 1.165) is 22.3 Å². The number of fused-ring (bicyclic) bond motifs is 3. The Labute approximate surface area is 178 Å². The van der Waals surface area contributed by atoms with Gasteiger partial charge in [0.15, 0.2) is 0 Å². The fourth-order valence-electron chi connectivity index (χ4n) is 3.91. The number of phenolic OH excluding ortho intramolecular Hbond substituents is 1. The Morgan fingerprint density at radius 1 is 0.968 bits per heavy atom. The molecule has 4 rings (SSSR count). The molecule has 0 radical (unpaired) electrons. The standard InChI is InChI=1S/C24H21NO6/c26-18-10-8-15(9-11-18)13-24(25-30,22(27)28)23(29)31-14-17-5-3-7-20-19-6-2-1-4-16(19)12-21(17)20/h1-11,25-26,30H,12-14H2,(H,27,28)/t24-/m0/s1. The third-order valence-electron chi connectivity index (χ3n) is 5.62. The molecule has 0 fully saturated rings. The summed E-state index contributed by atoms with van der Waals surface area (Å²) in [5.74, 6) is -2.68. The molecule has 1 aliphatic rings. The molecule has 1 atom stereocenters.